The lowest BCUT2D eigenvalue weighted by Crippen LogP contribution is -2.25. The molecule has 1 aromatic carbocycles. The third-order valence-corrected chi connectivity index (χ3v) is 4.03. The topological polar surface area (TPSA) is 18.5 Å². The molecule has 2 nitrogen and oxygen atoms in total. The summed E-state index contributed by atoms with van der Waals surface area (Å²) >= 11 is 0. The largest absolute Gasteiger partial charge is 0.497 e. The summed E-state index contributed by atoms with van der Waals surface area (Å²) in [6.45, 7) is 4.44. The monoisotopic (exact) mass is 234 g/mol. The molecule has 2 rings (SSSR count). The average Bonchev–Trinajstić information content (AvgIpc) is 2.84. The molecule has 94 valence electrons. The van der Waals surface area contributed by atoms with Crippen molar-refractivity contribution < 1.29 is 9.47 Å². The van der Waals surface area contributed by atoms with Crippen molar-refractivity contribution >= 4 is 0 Å². The number of methoxy groups -OCH3 is 1. The molecule has 0 saturated carbocycles. The summed E-state index contributed by atoms with van der Waals surface area (Å²) in [5.41, 5.74) is 1.39. The molecule has 1 aliphatic heterocycles. The van der Waals surface area contributed by atoms with Gasteiger partial charge in [-0.25, -0.2) is 0 Å². The van der Waals surface area contributed by atoms with Crippen molar-refractivity contribution in [2.75, 3.05) is 7.11 Å². The van der Waals surface area contributed by atoms with Crippen LogP contribution in [-0.2, 0) is 4.74 Å². The van der Waals surface area contributed by atoms with Crippen LogP contribution in [0, 0.1) is 0 Å². The van der Waals surface area contributed by atoms with Crippen LogP contribution in [-0.4, -0.2) is 12.7 Å². The smallest absolute Gasteiger partial charge is 0.118 e. The molecule has 0 aromatic heterocycles. The van der Waals surface area contributed by atoms with Crippen molar-refractivity contribution in [2.45, 2.75) is 51.2 Å². The minimum Gasteiger partial charge on any atom is -0.497 e. The lowest BCUT2D eigenvalue weighted by Gasteiger charge is -2.26. The Morgan fingerprint density at radius 3 is 2.35 bits per heavy atom. The molecule has 0 aliphatic carbocycles. The van der Waals surface area contributed by atoms with Gasteiger partial charge in [0.2, 0.25) is 0 Å². The van der Waals surface area contributed by atoms with E-state index in [1.54, 1.807) is 7.11 Å². The summed E-state index contributed by atoms with van der Waals surface area (Å²) in [5.74, 6) is 0.906. The van der Waals surface area contributed by atoms with Crippen molar-refractivity contribution in [3.63, 3.8) is 0 Å². The molecule has 17 heavy (non-hydrogen) atoms. The van der Waals surface area contributed by atoms with Gasteiger partial charge >= 0.3 is 0 Å². The molecule has 0 bridgehead atoms. The Hall–Kier alpha value is -1.02. The first-order valence-electron chi connectivity index (χ1n) is 6.55. The maximum atomic E-state index is 6.27. The molecule has 0 spiro atoms. The van der Waals surface area contributed by atoms with E-state index >= 15 is 0 Å². The molecule has 2 heteroatoms. The maximum Gasteiger partial charge on any atom is 0.118 e. The van der Waals surface area contributed by atoms with Gasteiger partial charge in [0.15, 0.2) is 0 Å². The second-order valence-corrected chi connectivity index (χ2v) is 4.81. The van der Waals surface area contributed by atoms with Crippen molar-refractivity contribution in [1.29, 1.82) is 0 Å². The molecule has 1 saturated heterocycles. The molecule has 1 fully saturated rings. The predicted molar refractivity (Wildman–Crippen MR) is 69.4 cm³/mol. The standard InChI is InChI=1S/C15H22O2/c1-4-15(5-2)11-10-14(17-15)12-6-8-13(16-3)9-7-12/h6-9,14H,4-5,10-11H2,1-3H3. The second-order valence-electron chi connectivity index (χ2n) is 4.81. The zero-order valence-electron chi connectivity index (χ0n) is 11.0. The Labute approximate surface area is 104 Å². The number of hydrogen-bond donors (Lipinski definition) is 0. The fraction of sp³-hybridized carbons (Fsp3) is 0.600. The lowest BCUT2D eigenvalue weighted by molar-refractivity contribution is -0.0474. The Morgan fingerprint density at radius 2 is 1.88 bits per heavy atom. The van der Waals surface area contributed by atoms with Gasteiger partial charge in [-0.1, -0.05) is 26.0 Å². The van der Waals surface area contributed by atoms with E-state index < -0.39 is 0 Å². The van der Waals surface area contributed by atoms with Crippen molar-refractivity contribution in [1.82, 2.24) is 0 Å². The summed E-state index contributed by atoms with van der Waals surface area (Å²) in [7, 11) is 1.69. The van der Waals surface area contributed by atoms with E-state index in [-0.39, 0.29) is 11.7 Å². The molecule has 0 radical (unpaired) electrons. The quantitative estimate of drug-likeness (QED) is 0.780. The molecule has 1 atom stereocenters. The maximum absolute atomic E-state index is 6.27. The Bertz CT molecular complexity index is 352. The first kappa shape index (κ1) is 12.4. The summed E-state index contributed by atoms with van der Waals surface area (Å²) in [4.78, 5) is 0. The van der Waals surface area contributed by atoms with E-state index in [0.717, 1.165) is 25.0 Å². The van der Waals surface area contributed by atoms with Gasteiger partial charge in [0, 0.05) is 0 Å². The van der Waals surface area contributed by atoms with Gasteiger partial charge in [0.1, 0.15) is 5.75 Å². The zero-order valence-corrected chi connectivity index (χ0v) is 11.0. The lowest BCUT2D eigenvalue weighted by atomic mass is 9.93. The highest BCUT2D eigenvalue weighted by Gasteiger charge is 2.37. The van der Waals surface area contributed by atoms with Crippen LogP contribution in [0.5, 0.6) is 5.75 Å². The van der Waals surface area contributed by atoms with E-state index in [2.05, 4.69) is 26.0 Å². The second kappa shape index (κ2) is 5.09. The summed E-state index contributed by atoms with van der Waals surface area (Å²) in [6, 6.07) is 8.25. The van der Waals surface area contributed by atoms with Crippen molar-refractivity contribution in [3.05, 3.63) is 29.8 Å². The van der Waals surface area contributed by atoms with Crippen LogP contribution < -0.4 is 4.74 Å². The molecular weight excluding hydrogens is 212 g/mol. The third-order valence-electron chi connectivity index (χ3n) is 4.03. The van der Waals surface area contributed by atoms with Crippen molar-refractivity contribution in [2.24, 2.45) is 0 Å². The zero-order chi connectivity index (χ0) is 12.3. The number of benzene rings is 1. The fourth-order valence-electron chi connectivity index (χ4n) is 2.64. The average molecular weight is 234 g/mol. The van der Waals surface area contributed by atoms with Crippen LogP contribution in [0.2, 0.25) is 0 Å². The molecular formula is C15H22O2. The minimum atomic E-state index is 0.116. The summed E-state index contributed by atoms with van der Waals surface area (Å²) in [6.07, 6.45) is 4.79. The highest BCUT2D eigenvalue weighted by molar-refractivity contribution is 5.29. The van der Waals surface area contributed by atoms with Crippen LogP contribution in [0.1, 0.15) is 51.2 Å². The van der Waals surface area contributed by atoms with Gasteiger partial charge in [-0.15, -0.1) is 0 Å². The van der Waals surface area contributed by atoms with E-state index in [4.69, 9.17) is 9.47 Å². The van der Waals surface area contributed by atoms with Crippen LogP contribution >= 0.6 is 0 Å². The highest BCUT2D eigenvalue weighted by atomic mass is 16.5. The van der Waals surface area contributed by atoms with Crippen LogP contribution in [0.4, 0.5) is 0 Å². The molecule has 0 N–H and O–H groups in total. The molecule has 1 aromatic rings. The van der Waals surface area contributed by atoms with Gasteiger partial charge < -0.3 is 9.47 Å². The van der Waals surface area contributed by atoms with Gasteiger partial charge in [-0.2, -0.15) is 0 Å². The minimum absolute atomic E-state index is 0.116. The van der Waals surface area contributed by atoms with Gasteiger partial charge in [-0.3, -0.25) is 0 Å². The highest BCUT2D eigenvalue weighted by Crippen LogP contribution is 2.43. The summed E-state index contributed by atoms with van der Waals surface area (Å²) in [5, 5.41) is 0. The Morgan fingerprint density at radius 1 is 1.24 bits per heavy atom. The summed E-state index contributed by atoms with van der Waals surface area (Å²) < 4.78 is 11.4. The van der Waals surface area contributed by atoms with E-state index in [1.165, 1.54) is 12.0 Å². The fourth-order valence-corrected chi connectivity index (χ4v) is 2.64. The number of rotatable bonds is 4. The van der Waals surface area contributed by atoms with Gasteiger partial charge in [0.25, 0.3) is 0 Å². The first-order valence-corrected chi connectivity index (χ1v) is 6.55. The van der Waals surface area contributed by atoms with Crippen LogP contribution in [0.3, 0.4) is 0 Å². The molecule has 1 heterocycles. The molecule has 0 amide bonds. The van der Waals surface area contributed by atoms with Crippen molar-refractivity contribution in [3.8, 4) is 5.75 Å². The molecule has 1 aliphatic rings. The SMILES string of the molecule is CCC1(CC)CCC(c2ccc(OC)cc2)O1. The number of ether oxygens (including phenoxy) is 2. The normalized spacial score (nSPS) is 22.6. The predicted octanol–water partition coefficient (Wildman–Crippen LogP) is 4.11. The van der Waals surface area contributed by atoms with Crippen LogP contribution in [0.15, 0.2) is 24.3 Å². The Balaban J connectivity index is 2.09. The molecule has 1 unspecified atom stereocenters. The van der Waals surface area contributed by atoms with E-state index in [0.29, 0.717) is 0 Å². The first-order chi connectivity index (χ1) is 8.23. The van der Waals surface area contributed by atoms with Crippen LogP contribution in [0.25, 0.3) is 0 Å². The third kappa shape index (κ3) is 2.47. The van der Waals surface area contributed by atoms with E-state index in [9.17, 15) is 0 Å². The Kier molecular flexibility index (Phi) is 3.72. The van der Waals surface area contributed by atoms with Gasteiger partial charge in [0.05, 0.1) is 18.8 Å². The van der Waals surface area contributed by atoms with Gasteiger partial charge in [-0.05, 0) is 43.4 Å². The number of hydrogen-bond acceptors (Lipinski definition) is 2. The van der Waals surface area contributed by atoms with E-state index in [1.807, 2.05) is 12.1 Å².